The van der Waals surface area contributed by atoms with Crippen LogP contribution in [0.3, 0.4) is 0 Å². The Labute approximate surface area is 91.3 Å². The maximum absolute atomic E-state index is 11.6. The van der Waals surface area contributed by atoms with Crippen LogP contribution in [0.25, 0.3) is 0 Å². The fourth-order valence-corrected chi connectivity index (χ4v) is 2.32. The van der Waals surface area contributed by atoms with Crippen LogP contribution >= 0.6 is 0 Å². The average Bonchev–Trinajstić information content (AvgIpc) is 2.15. The second-order valence-electron chi connectivity index (χ2n) is 4.26. The Morgan fingerprint density at radius 3 is 2.43 bits per heavy atom. The lowest BCUT2D eigenvalue weighted by Gasteiger charge is -2.09. The van der Waals surface area contributed by atoms with E-state index in [-0.39, 0.29) is 0 Å². The highest BCUT2D eigenvalue weighted by atomic mass is 32.2. The zero-order valence-corrected chi connectivity index (χ0v) is 10.8. The maximum Gasteiger partial charge on any atom is 0.0317 e. The van der Waals surface area contributed by atoms with Crippen molar-refractivity contribution < 1.29 is 4.21 Å². The molecule has 86 valence electrons. The fourth-order valence-electron chi connectivity index (χ4n) is 1.12. The molecule has 0 aliphatic heterocycles. The van der Waals surface area contributed by atoms with Crippen molar-refractivity contribution in [3.8, 4) is 0 Å². The van der Waals surface area contributed by atoms with Crippen LogP contribution in [-0.2, 0) is 10.8 Å². The lowest BCUT2D eigenvalue weighted by atomic mass is 10.2. The fraction of sp³-hybridized carbons (Fsp3) is 1.00. The Bertz CT molecular complexity index is 159. The molecule has 0 aromatic carbocycles. The van der Waals surface area contributed by atoms with Gasteiger partial charge in [-0.3, -0.25) is 4.21 Å². The number of rotatable bonds is 8. The second kappa shape index (κ2) is 8.42. The summed E-state index contributed by atoms with van der Waals surface area (Å²) in [6.45, 7) is 10.6. The van der Waals surface area contributed by atoms with Gasteiger partial charge >= 0.3 is 0 Å². The molecule has 0 amide bonds. The minimum Gasteiger partial charge on any atom is -0.316 e. The van der Waals surface area contributed by atoms with Crippen LogP contribution in [0.5, 0.6) is 0 Å². The molecule has 2 unspecified atom stereocenters. The van der Waals surface area contributed by atoms with E-state index in [4.69, 9.17) is 0 Å². The van der Waals surface area contributed by atoms with Crippen molar-refractivity contribution in [3.05, 3.63) is 0 Å². The molecule has 0 saturated carbocycles. The van der Waals surface area contributed by atoms with Gasteiger partial charge in [-0.05, 0) is 31.8 Å². The van der Waals surface area contributed by atoms with Gasteiger partial charge in [0.1, 0.15) is 0 Å². The van der Waals surface area contributed by atoms with Gasteiger partial charge in [0.25, 0.3) is 0 Å². The Balaban J connectivity index is 3.32. The molecule has 0 bridgehead atoms. The van der Waals surface area contributed by atoms with Crippen LogP contribution < -0.4 is 5.32 Å². The van der Waals surface area contributed by atoms with E-state index < -0.39 is 10.8 Å². The molecular weight excluding hydrogens is 194 g/mol. The first-order valence-electron chi connectivity index (χ1n) is 5.65. The Morgan fingerprint density at radius 1 is 1.29 bits per heavy atom. The number of hydrogen-bond acceptors (Lipinski definition) is 2. The van der Waals surface area contributed by atoms with Crippen molar-refractivity contribution >= 4 is 10.8 Å². The summed E-state index contributed by atoms with van der Waals surface area (Å²) in [5.41, 5.74) is 0. The van der Waals surface area contributed by atoms with Crippen molar-refractivity contribution in [3.63, 3.8) is 0 Å². The van der Waals surface area contributed by atoms with E-state index >= 15 is 0 Å². The van der Waals surface area contributed by atoms with Crippen LogP contribution in [0.4, 0.5) is 0 Å². The Hall–Kier alpha value is 0.110. The third-order valence-electron chi connectivity index (χ3n) is 2.28. The monoisotopic (exact) mass is 219 g/mol. The van der Waals surface area contributed by atoms with Crippen molar-refractivity contribution in [2.75, 3.05) is 18.8 Å². The summed E-state index contributed by atoms with van der Waals surface area (Å²) in [6.07, 6.45) is 2.05. The Morgan fingerprint density at radius 2 is 1.93 bits per heavy atom. The van der Waals surface area contributed by atoms with Gasteiger partial charge in [-0.15, -0.1) is 0 Å². The van der Waals surface area contributed by atoms with Gasteiger partial charge in [0.15, 0.2) is 0 Å². The molecule has 0 aromatic rings. The van der Waals surface area contributed by atoms with E-state index in [1.807, 2.05) is 0 Å². The van der Waals surface area contributed by atoms with E-state index in [0.29, 0.717) is 11.2 Å². The van der Waals surface area contributed by atoms with Crippen LogP contribution in [0, 0.1) is 5.92 Å². The molecule has 0 fully saturated rings. The predicted molar refractivity (Wildman–Crippen MR) is 65.1 cm³/mol. The second-order valence-corrected chi connectivity index (χ2v) is 6.23. The van der Waals surface area contributed by atoms with Crippen LogP contribution in [0.2, 0.25) is 0 Å². The van der Waals surface area contributed by atoms with Gasteiger partial charge in [0.05, 0.1) is 0 Å². The van der Waals surface area contributed by atoms with Gasteiger partial charge in [0, 0.05) is 21.8 Å². The van der Waals surface area contributed by atoms with Gasteiger partial charge in [-0.25, -0.2) is 0 Å². The summed E-state index contributed by atoms with van der Waals surface area (Å²) in [7, 11) is -0.619. The molecule has 0 spiro atoms. The number of hydrogen-bond donors (Lipinski definition) is 1. The van der Waals surface area contributed by atoms with E-state index in [1.165, 1.54) is 0 Å². The lowest BCUT2D eigenvalue weighted by Crippen LogP contribution is -2.23. The summed E-state index contributed by atoms with van der Waals surface area (Å²) >= 11 is 0. The van der Waals surface area contributed by atoms with Crippen molar-refractivity contribution in [2.24, 2.45) is 5.92 Å². The SMILES string of the molecule is CCC(C)S(=O)CCCNCC(C)C. The first kappa shape index (κ1) is 14.1. The molecule has 0 aliphatic carbocycles. The third kappa shape index (κ3) is 7.51. The first-order chi connectivity index (χ1) is 6.57. The standard InChI is InChI=1S/C11H25NOS/c1-5-11(4)14(13)8-6-7-12-9-10(2)3/h10-12H,5-9H2,1-4H3. The molecule has 14 heavy (non-hydrogen) atoms. The predicted octanol–water partition coefficient (Wildman–Crippen LogP) is 2.17. The van der Waals surface area contributed by atoms with Gasteiger partial charge in [0.2, 0.25) is 0 Å². The molecule has 0 radical (unpaired) electrons. The highest BCUT2D eigenvalue weighted by Gasteiger charge is 2.07. The van der Waals surface area contributed by atoms with Crippen molar-refractivity contribution in [2.45, 2.75) is 45.8 Å². The molecule has 0 aliphatic rings. The normalized spacial score (nSPS) is 15.8. The Kier molecular flexibility index (Phi) is 8.49. The van der Waals surface area contributed by atoms with Crippen molar-refractivity contribution in [1.29, 1.82) is 0 Å². The van der Waals surface area contributed by atoms with Gasteiger partial charge < -0.3 is 5.32 Å². The molecule has 2 atom stereocenters. The molecule has 3 heteroatoms. The van der Waals surface area contributed by atoms with E-state index in [9.17, 15) is 4.21 Å². The maximum atomic E-state index is 11.6. The van der Waals surface area contributed by atoms with E-state index in [2.05, 4.69) is 33.0 Å². The lowest BCUT2D eigenvalue weighted by molar-refractivity contribution is 0.550. The summed E-state index contributed by atoms with van der Waals surface area (Å²) in [5, 5.41) is 3.72. The molecule has 2 nitrogen and oxygen atoms in total. The quantitative estimate of drug-likeness (QED) is 0.634. The highest BCUT2D eigenvalue weighted by Crippen LogP contribution is 2.01. The zero-order chi connectivity index (χ0) is 11.0. The van der Waals surface area contributed by atoms with Gasteiger partial charge in [-0.2, -0.15) is 0 Å². The summed E-state index contributed by atoms with van der Waals surface area (Å²) in [6, 6.07) is 0. The molecular formula is C11H25NOS. The molecule has 0 saturated heterocycles. The van der Waals surface area contributed by atoms with Gasteiger partial charge in [-0.1, -0.05) is 27.7 Å². The zero-order valence-electron chi connectivity index (χ0n) is 10.0. The highest BCUT2D eigenvalue weighted by molar-refractivity contribution is 7.85. The average molecular weight is 219 g/mol. The third-order valence-corrected chi connectivity index (χ3v) is 4.20. The van der Waals surface area contributed by atoms with Crippen molar-refractivity contribution in [1.82, 2.24) is 5.32 Å². The molecule has 0 heterocycles. The van der Waals surface area contributed by atoms with Crippen LogP contribution in [0.1, 0.15) is 40.5 Å². The molecule has 0 aromatic heterocycles. The molecule has 1 N–H and O–H groups in total. The summed E-state index contributed by atoms with van der Waals surface area (Å²) in [5.74, 6) is 1.55. The molecule has 0 rings (SSSR count). The summed E-state index contributed by atoms with van der Waals surface area (Å²) < 4.78 is 11.6. The number of nitrogens with one attached hydrogen (secondary N) is 1. The minimum atomic E-state index is -0.619. The smallest absolute Gasteiger partial charge is 0.0317 e. The minimum absolute atomic E-state index is 0.361. The summed E-state index contributed by atoms with van der Waals surface area (Å²) in [4.78, 5) is 0. The van der Waals surface area contributed by atoms with E-state index in [0.717, 1.165) is 31.7 Å². The van der Waals surface area contributed by atoms with E-state index in [1.54, 1.807) is 0 Å². The largest absolute Gasteiger partial charge is 0.316 e. The first-order valence-corrected chi connectivity index (χ1v) is 7.04. The van der Waals surface area contributed by atoms with Crippen LogP contribution in [0.15, 0.2) is 0 Å². The van der Waals surface area contributed by atoms with Crippen LogP contribution in [-0.4, -0.2) is 28.3 Å². The topological polar surface area (TPSA) is 29.1 Å².